The van der Waals surface area contributed by atoms with Gasteiger partial charge in [-0.25, -0.2) is 4.39 Å². The van der Waals surface area contributed by atoms with Crippen LogP contribution in [0, 0.1) is 5.82 Å². The molecule has 0 aromatic heterocycles. The Kier molecular flexibility index (Phi) is 5.31. The Hall–Kier alpha value is -1.91. The van der Waals surface area contributed by atoms with Gasteiger partial charge in [0.15, 0.2) is 6.54 Å². The summed E-state index contributed by atoms with van der Waals surface area (Å²) in [6.07, 6.45) is 0. The number of quaternary nitrogens is 1. The Labute approximate surface area is 128 Å². The molecule has 2 rings (SSSR count). The molecule has 0 saturated heterocycles. The molecule has 3 N–H and O–H groups in total. The second kappa shape index (κ2) is 7.20. The second-order valence-electron chi connectivity index (χ2n) is 4.81. The van der Waals surface area contributed by atoms with Crippen LogP contribution in [0.5, 0.6) is 0 Å². The van der Waals surface area contributed by atoms with Crippen LogP contribution in [0.25, 0.3) is 0 Å². The highest BCUT2D eigenvalue weighted by Gasteiger charge is 2.14. The third-order valence-corrected chi connectivity index (χ3v) is 3.52. The minimum absolute atomic E-state index is 0.0812. The topological polar surface area (TPSA) is 45.7 Å². The smallest absolute Gasteiger partial charge is 0.279 e. The van der Waals surface area contributed by atoms with Crippen molar-refractivity contribution in [3.63, 3.8) is 0 Å². The number of hydrogen-bond donors (Lipinski definition) is 2. The van der Waals surface area contributed by atoms with Crippen molar-refractivity contribution in [1.29, 1.82) is 0 Å². The fourth-order valence-corrected chi connectivity index (χ4v) is 2.31. The third kappa shape index (κ3) is 4.55. The van der Waals surface area contributed by atoms with Gasteiger partial charge in [-0.05, 0) is 37.3 Å². The summed E-state index contributed by atoms with van der Waals surface area (Å²) in [6, 6.07) is 13.3. The number of benzene rings is 2. The van der Waals surface area contributed by atoms with Crippen molar-refractivity contribution >= 4 is 23.2 Å². The standard InChI is InChI=1S/C16H16ClFN2O/c1-11(14-4-2-3-5-15(14)17)19-10-16(21)20-13-8-6-12(18)7-9-13/h2-9,11,19H,10H2,1H3,(H,20,21)/p+1/t11-/m1/s1. The maximum absolute atomic E-state index is 12.8. The Balaban J connectivity index is 1.86. The SMILES string of the molecule is C[C@@H]([NH2+]CC(=O)Nc1ccc(F)cc1)c1ccccc1Cl. The largest absolute Gasteiger partial charge is 0.332 e. The summed E-state index contributed by atoms with van der Waals surface area (Å²) < 4.78 is 12.8. The summed E-state index contributed by atoms with van der Waals surface area (Å²) in [4.78, 5) is 11.8. The second-order valence-corrected chi connectivity index (χ2v) is 5.21. The van der Waals surface area contributed by atoms with Crippen molar-refractivity contribution in [3.05, 3.63) is 64.9 Å². The molecule has 110 valence electrons. The first-order valence-corrected chi connectivity index (χ1v) is 7.07. The molecular weight excluding hydrogens is 291 g/mol. The molecule has 3 nitrogen and oxygen atoms in total. The van der Waals surface area contributed by atoms with Crippen LogP contribution >= 0.6 is 11.6 Å². The van der Waals surface area contributed by atoms with Crippen molar-refractivity contribution in [2.75, 3.05) is 11.9 Å². The minimum atomic E-state index is -0.327. The Morgan fingerprint density at radius 3 is 2.57 bits per heavy atom. The molecule has 1 amide bonds. The average Bonchev–Trinajstić information content (AvgIpc) is 2.48. The van der Waals surface area contributed by atoms with Crippen LogP contribution in [-0.2, 0) is 4.79 Å². The minimum Gasteiger partial charge on any atom is -0.332 e. The molecule has 5 heteroatoms. The van der Waals surface area contributed by atoms with Crippen molar-refractivity contribution in [2.24, 2.45) is 0 Å². The van der Waals surface area contributed by atoms with Crippen molar-refractivity contribution in [3.8, 4) is 0 Å². The predicted octanol–water partition coefficient (Wildman–Crippen LogP) is 2.74. The molecule has 1 atom stereocenters. The lowest BCUT2D eigenvalue weighted by molar-refractivity contribution is -0.682. The van der Waals surface area contributed by atoms with E-state index in [1.165, 1.54) is 24.3 Å². The van der Waals surface area contributed by atoms with E-state index < -0.39 is 0 Å². The van der Waals surface area contributed by atoms with Crippen molar-refractivity contribution in [2.45, 2.75) is 13.0 Å². The third-order valence-electron chi connectivity index (χ3n) is 3.18. The predicted molar refractivity (Wildman–Crippen MR) is 81.7 cm³/mol. The molecule has 0 aliphatic heterocycles. The number of nitrogens with one attached hydrogen (secondary N) is 1. The summed E-state index contributed by atoms with van der Waals surface area (Å²) >= 11 is 6.12. The zero-order valence-corrected chi connectivity index (χ0v) is 12.4. The lowest BCUT2D eigenvalue weighted by Crippen LogP contribution is -2.86. The maximum atomic E-state index is 12.8. The Morgan fingerprint density at radius 1 is 1.24 bits per heavy atom. The number of carbonyl (C=O) groups excluding carboxylic acids is 1. The fraction of sp³-hybridized carbons (Fsp3) is 0.188. The van der Waals surface area contributed by atoms with Crippen LogP contribution in [0.4, 0.5) is 10.1 Å². The summed E-state index contributed by atoms with van der Waals surface area (Å²) in [5.74, 6) is -0.465. The van der Waals surface area contributed by atoms with E-state index in [0.717, 1.165) is 5.56 Å². The van der Waals surface area contributed by atoms with E-state index in [1.54, 1.807) is 0 Å². The molecule has 0 spiro atoms. The molecule has 0 heterocycles. The van der Waals surface area contributed by atoms with Gasteiger partial charge >= 0.3 is 0 Å². The molecule has 2 aromatic rings. The normalized spacial score (nSPS) is 12.0. The molecule has 0 radical (unpaired) electrons. The maximum Gasteiger partial charge on any atom is 0.279 e. The van der Waals surface area contributed by atoms with Gasteiger partial charge in [-0.1, -0.05) is 29.8 Å². The fourth-order valence-electron chi connectivity index (χ4n) is 2.00. The van der Waals surface area contributed by atoms with Gasteiger partial charge in [0.25, 0.3) is 5.91 Å². The number of anilines is 1. The van der Waals surface area contributed by atoms with E-state index in [9.17, 15) is 9.18 Å². The van der Waals surface area contributed by atoms with E-state index in [0.29, 0.717) is 10.7 Å². The highest BCUT2D eigenvalue weighted by molar-refractivity contribution is 6.31. The van der Waals surface area contributed by atoms with Gasteiger partial charge in [-0.3, -0.25) is 4.79 Å². The van der Waals surface area contributed by atoms with Gasteiger partial charge in [0, 0.05) is 16.3 Å². The summed E-state index contributed by atoms with van der Waals surface area (Å²) in [6.45, 7) is 2.26. The van der Waals surface area contributed by atoms with E-state index in [2.05, 4.69) is 5.32 Å². The van der Waals surface area contributed by atoms with Gasteiger partial charge in [0.1, 0.15) is 11.9 Å². The number of nitrogens with two attached hydrogens (primary N) is 1. The van der Waals surface area contributed by atoms with Gasteiger partial charge in [0.2, 0.25) is 0 Å². The number of rotatable bonds is 5. The Morgan fingerprint density at radius 2 is 1.90 bits per heavy atom. The van der Waals surface area contributed by atoms with Crippen LogP contribution in [0.1, 0.15) is 18.5 Å². The number of carbonyl (C=O) groups is 1. The lowest BCUT2D eigenvalue weighted by Gasteiger charge is -2.12. The summed E-state index contributed by atoms with van der Waals surface area (Å²) in [7, 11) is 0. The summed E-state index contributed by atoms with van der Waals surface area (Å²) in [5.41, 5.74) is 1.58. The first-order chi connectivity index (χ1) is 10.1. The molecule has 0 aliphatic rings. The van der Waals surface area contributed by atoms with E-state index >= 15 is 0 Å². The van der Waals surface area contributed by atoms with E-state index in [4.69, 9.17) is 11.6 Å². The highest BCUT2D eigenvalue weighted by Crippen LogP contribution is 2.19. The zero-order chi connectivity index (χ0) is 15.2. The van der Waals surface area contributed by atoms with Crippen molar-refractivity contribution < 1.29 is 14.5 Å². The van der Waals surface area contributed by atoms with E-state index in [-0.39, 0.29) is 24.3 Å². The van der Waals surface area contributed by atoms with E-state index in [1.807, 2.05) is 36.5 Å². The van der Waals surface area contributed by atoms with Crippen LogP contribution < -0.4 is 10.6 Å². The van der Waals surface area contributed by atoms with Gasteiger partial charge in [-0.2, -0.15) is 0 Å². The van der Waals surface area contributed by atoms with Gasteiger partial charge in [-0.15, -0.1) is 0 Å². The zero-order valence-electron chi connectivity index (χ0n) is 11.6. The van der Waals surface area contributed by atoms with Crippen LogP contribution in [0.2, 0.25) is 5.02 Å². The van der Waals surface area contributed by atoms with Crippen LogP contribution in [0.3, 0.4) is 0 Å². The summed E-state index contributed by atoms with van der Waals surface area (Å²) in [5, 5.41) is 5.32. The number of halogens is 2. The van der Waals surface area contributed by atoms with Crippen LogP contribution in [0.15, 0.2) is 48.5 Å². The Bertz CT molecular complexity index is 616. The van der Waals surface area contributed by atoms with Gasteiger partial charge in [0.05, 0.1) is 0 Å². The molecular formula is C16H17ClFN2O+. The molecule has 0 bridgehead atoms. The lowest BCUT2D eigenvalue weighted by atomic mass is 10.1. The molecule has 21 heavy (non-hydrogen) atoms. The number of amides is 1. The van der Waals surface area contributed by atoms with Gasteiger partial charge < -0.3 is 10.6 Å². The average molecular weight is 308 g/mol. The molecule has 2 aromatic carbocycles. The molecule has 0 saturated carbocycles. The molecule has 0 fully saturated rings. The highest BCUT2D eigenvalue weighted by atomic mass is 35.5. The molecule has 0 aliphatic carbocycles. The molecule has 0 unspecified atom stereocenters. The van der Waals surface area contributed by atoms with Crippen molar-refractivity contribution in [1.82, 2.24) is 0 Å². The first kappa shape index (κ1) is 15.5. The quantitative estimate of drug-likeness (QED) is 0.876. The van der Waals surface area contributed by atoms with Crippen LogP contribution in [-0.4, -0.2) is 12.5 Å². The number of hydrogen-bond acceptors (Lipinski definition) is 1. The first-order valence-electron chi connectivity index (χ1n) is 6.69. The monoisotopic (exact) mass is 307 g/mol.